The van der Waals surface area contributed by atoms with Crippen molar-refractivity contribution in [1.29, 1.82) is 5.26 Å². The molecule has 2 aromatic rings. The molecule has 1 aromatic carbocycles. The van der Waals surface area contributed by atoms with Crippen LogP contribution in [0.1, 0.15) is 22.4 Å². The van der Waals surface area contributed by atoms with Crippen molar-refractivity contribution in [3.05, 3.63) is 40.6 Å². The van der Waals surface area contributed by atoms with Gasteiger partial charge in [-0.15, -0.1) is 0 Å². The highest BCUT2D eigenvalue weighted by molar-refractivity contribution is 5.68. The molecule has 0 unspecified atom stereocenters. The van der Waals surface area contributed by atoms with Crippen LogP contribution in [0.3, 0.4) is 0 Å². The second-order valence-corrected chi connectivity index (χ2v) is 4.47. The Bertz CT molecular complexity index is 633. The fraction of sp³-hybridized carbons (Fsp3) is 0.267. The molecule has 2 rings (SSSR count). The first-order valence-electron chi connectivity index (χ1n) is 5.82. The van der Waals surface area contributed by atoms with Crippen molar-refractivity contribution in [2.45, 2.75) is 20.8 Å². The van der Waals surface area contributed by atoms with Crippen LogP contribution in [0.25, 0.3) is 11.3 Å². The van der Waals surface area contributed by atoms with E-state index in [1.54, 1.807) is 7.11 Å². The molecule has 0 aliphatic heterocycles. The number of methoxy groups -OCH3 is 1. The topological polar surface area (TPSA) is 48.8 Å². The van der Waals surface area contributed by atoms with E-state index in [-0.39, 0.29) is 0 Å². The molecule has 3 nitrogen and oxygen atoms in total. The smallest absolute Gasteiger partial charge is 0.122 e. The lowest BCUT2D eigenvalue weighted by Crippen LogP contribution is -1.91. The molecule has 1 aromatic heterocycles. The second-order valence-electron chi connectivity index (χ2n) is 4.47. The van der Waals surface area contributed by atoms with Crippen molar-refractivity contribution in [2.75, 3.05) is 7.11 Å². The molecule has 0 saturated carbocycles. The quantitative estimate of drug-likeness (QED) is 0.873. The van der Waals surface area contributed by atoms with E-state index in [1.807, 2.05) is 32.9 Å². The van der Waals surface area contributed by atoms with E-state index >= 15 is 0 Å². The maximum atomic E-state index is 8.99. The average molecular weight is 240 g/mol. The first-order valence-corrected chi connectivity index (χ1v) is 5.82. The summed E-state index contributed by atoms with van der Waals surface area (Å²) in [6.45, 7) is 5.97. The molecule has 0 radical (unpaired) electrons. The number of nitrogens with zero attached hydrogens (tertiary/aromatic N) is 1. The number of nitrogens with one attached hydrogen (secondary N) is 1. The number of H-pyrrole nitrogens is 1. The van der Waals surface area contributed by atoms with E-state index in [0.717, 1.165) is 33.8 Å². The van der Waals surface area contributed by atoms with Gasteiger partial charge >= 0.3 is 0 Å². The molecular formula is C15H16N2O. The van der Waals surface area contributed by atoms with Gasteiger partial charge in [-0.25, -0.2) is 0 Å². The summed E-state index contributed by atoms with van der Waals surface area (Å²) in [5.41, 5.74) is 5.90. The van der Waals surface area contributed by atoms with Crippen LogP contribution in [0.2, 0.25) is 0 Å². The zero-order chi connectivity index (χ0) is 13.3. The van der Waals surface area contributed by atoms with Crippen molar-refractivity contribution in [3.63, 3.8) is 0 Å². The van der Waals surface area contributed by atoms with Crippen molar-refractivity contribution in [3.8, 4) is 23.1 Å². The number of aryl methyl sites for hydroxylation is 3. The van der Waals surface area contributed by atoms with Gasteiger partial charge in [0.05, 0.1) is 12.7 Å². The lowest BCUT2D eigenvalue weighted by molar-refractivity contribution is 0.411. The van der Waals surface area contributed by atoms with E-state index in [0.29, 0.717) is 5.56 Å². The zero-order valence-electron chi connectivity index (χ0n) is 11.1. The normalized spacial score (nSPS) is 10.2. The molecule has 92 valence electrons. The molecule has 0 amide bonds. The second kappa shape index (κ2) is 4.58. The number of nitriles is 1. The minimum atomic E-state index is 0.692. The van der Waals surface area contributed by atoms with Crippen LogP contribution in [0, 0.1) is 32.1 Å². The maximum Gasteiger partial charge on any atom is 0.122 e. The molecular weight excluding hydrogens is 224 g/mol. The number of ether oxygens (including phenoxy) is 1. The predicted molar refractivity (Wildman–Crippen MR) is 71.7 cm³/mol. The Labute approximate surface area is 107 Å². The number of aromatic amines is 1. The van der Waals surface area contributed by atoms with Crippen LogP contribution in [0.5, 0.6) is 5.75 Å². The van der Waals surface area contributed by atoms with Gasteiger partial charge in [0.1, 0.15) is 11.8 Å². The van der Waals surface area contributed by atoms with Gasteiger partial charge in [-0.1, -0.05) is 0 Å². The standard InChI is InChI=1S/C15H16N2O/c1-9-6-15(18-4)10(2)5-13(9)14-7-12(8-16)11(3)17-14/h5-7,17H,1-4H3. The van der Waals surface area contributed by atoms with E-state index in [9.17, 15) is 0 Å². The van der Waals surface area contributed by atoms with Crippen LogP contribution < -0.4 is 4.74 Å². The third-order valence-corrected chi connectivity index (χ3v) is 3.17. The maximum absolute atomic E-state index is 8.99. The average Bonchev–Trinajstić information content (AvgIpc) is 2.72. The Hall–Kier alpha value is -2.21. The number of hydrogen-bond acceptors (Lipinski definition) is 2. The Morgan fingerprint density at radius 1 is 1.11 bits per heavy atom. The van der Waals surface area contributed by atoms with Gasteiger partial charge in [0, 0.05) is 17.0 Å². The molecule has 18 heavy (non-hydrogen) atoms. The van der Waals surface area contributed by atoms with Gasteiger partial charge in [-0.2, -0.15) is 5.26 Å². The monoisotopic (exact) mass is 240 g/mol. The lowest BCUT2D eigenvalue weighted by atomic mass is 10.0. The Balaban J connectivity index is 2.57. The number of aromatic nitrogens is 1. The molecule has 3 heteroatoms. The van der Waals surface area contributed by atoms with E-state index in [1.165, 1.54) is 0 Å². The Morgan fingerprint density at radius 2 is 1.83 bits per heavy atom. The molecule has 1 heterocycles. The summed E-state index contributed by atoms with van der Waals surface area (Å²) < 4.78 is 5.30. The molecule has 1 N–H and O–H groups in total. The molecule has 0 spiro atoms. The van der Waals surface area contributed by atoms with Crippen LogP contribution in [0.15, 0.2) is 18.2 Å². The first kappa shape index (κ1) is 12.3. The molecule has 0 atom stereocenters. The van der Waals surface area contributed by atoms with Gasteiger partial charge < -0.3 is 9.72 Å². The molecule has 0 saturated heterocycles. The van der Waals surface area contributed by atoms with Gasteiger partial charge in [-0.05, 0) is 50.1 Å². The van der Waals surface area contributed by atoms with Crippen LogP contribution >= 0.6 is 0 Å². The third kappa shape index (κ3) is 1.98. The predicted octanol–water partition coefficient (Wildman–Crippen LogP) is 3.49. The van der Waals surface area contributed by atoms with E-state index in [2.05, 4.69) is 17.1 Å². The summed E-state index contributed by atoms with van der Waals surface area (Å²) in [4.78, 5) is 3.25. The summed E-state index contributed by atoms with van der Waals surface area (Å²) in [6.07, 6.45) is 0. The third-order valence-electron chi connectivity index (χ3n) is 3.17. The first-order chi connectivity index (χ1) is 8.56. The Kier molecular flexibility index (Phi) is 3.12. The largest absolute Gasteiger partial charge is 0.496 e. The van der Waals surface area contributed by atoms with Gasteiger partial charge in [0.15, 0.2) is 0 Å². The zero-order valence-corrected chi connectivity index (χ0v) is 11.1. The summed E-state index contributed by atoms with van der Waals surface area (Å²) in [7, 11) is 1.67. The Morgan fingerprint density at radius 3 is 2.39 bits per heavy atom. The molecule has 0 aliphatic carbocycles. The fourth-order valence-corrected chi connectivity index (χ4v) is 2.12. The molecule has 0 bridgehead atoms. The van der Waals surface area contributed by atoms with Crippen molar-refractivity contribution in [1.82, 2.24) is 4.98 Å². The van der Waals surface area contributed by atoms with Gasteiger partial charge in [0.25, 0.3) is 0 Å². The minimum absolute atomic E-state index is 0.692. The summed E-state index contributed by atoms with van der Waals surface area (Å²) in [5.74, 6) is 0.889. The highest BCUT2D eigenvalue weighted by atomic mass is 16.5. The van der Waals surface area contributed by atoms with Crippen LogP contribution in [0.4, 0.5) is 0 Å². The van der Waals surface area contributed by atoms with Crippen LogP contribution in [-0.2, 0) is 0 Å². The number of rotatable bonds is 2. The van der Waals surface area contributed by atoms with E-state index < -0.39 is 0 Å². The molecule has 0 aliphatic rings. The highest BCUT2D eigenvalue weighted by Gasteiger charge is 2.10. The summed E-state index contributed by atoms with van der Waals surface area (Å²) in [6, 6.07) is 8.18. The number of hydrogen-bond donors (Lipinski definition) is 1. The summed E-state index contributed by atoms with van der Waals surface area (Å²) >= 11 is 0. The van der Waals surface area contributed by atoms with Crippen molar-refractivity contribution in [2.24, 2.45) is 0 Å². The fourth-order valence-electron chi connectivity index (χ4n) is 2.12. The highest BCUT2D eigenvalue weighted by Crippen LogP contribution is 2.30. The van der Waals surface area contributed by atoms with E-state index in [4.69, 9.17) is 10.00 Å². The number of benzene rings is 1. The van der Waals surface area contributed by atoms with Gasteiger partial charge in [-0.3, -0.25) is 0 Å². The van der Waals surface area contributed by atoms with Gasteiger partial charge in [0.2, 0.25) is 0 Å². The minimum Gasteiger partial charge on any atom is -0.496 e. The molecule has 0 fully saturated rings. The lowest BCUT2D eigenvalue weighted by Gasteiger charge is -2.10. The van der Waals surface area contributed by atoms with Crippen molar-refractivity contribution < 1.29 is 4.74 Å². The SMILES string of the molecule is COc1cc(C)c(-c2cc(C#N)c(C)[nH]2)cc1C. The van der Waals surface area contributed by atoms with Crippen molar-refractivity contribution >= 4 is 0 Å². The summed E-state index contributed by atoms with van der Waals surface area (Å²) in [5, 5.41) is 8.99. The van der Waals surface area contributed by atoms with Crippen LogP contribution in [-0.4, -0.2) is 12.1 Å².